The average Bonchev–Trinajstić information content (AvgIpc) is 2.89. The molecule has 1 aliphatic heterocycles. The summed E-state index contributed by atoms with van der Waals surface area (Å²) in [5.74, 6) is 2.57. The fraction of sp³-hybridized carbons (Fsp3) is 0.833. The summed E-state index contributed by atoms with van der Waals surface area (Å²) in [6.07, 6.45) is 5.41. The zero-order chi connectivity index (χ0) is 12.8. The summed E-state index contributed by atoms with van der Waals surface area (Å²) in [5.41, 5.74) is 6.02. The summed E-state index contributed by atoms with van der Waals surface area (Å²) < 4.78 is 10.3. The molecule has 0 saturated carbocycles. The lowest BCUT2D eigenvalue weighted by Gasteiger charge is -2.17. The molecule has 0 radical (unpaired) electrons. The van der Waals surface area contributed by atoms with E-state index >= 15 is 0 Å². The van der Waals surface area contributed by atoms with E-state index in [0.717, 1.165) is 25.1 Å². The predicted molar refractivity (Wildman–Crippen MR) is 71.4 cm³/mol. The largest absolute Gasteiger partial charge is 0.385 e. The standard InChI is InChI=1S/C12H21N3O2S/c1-16-7-4-5-9(13)12-14-11(15-17-12)10-6-2-3-8-18-10/h9-10H,2-8,13H2,1H3. The molecule has 1 saturated heterocycles. The first-order valence-electron chi connectivity index (χ1n) is 6.51. The molecule has 1 fully saturated rings. The van der Waals surface area contributed by atoms with E-state index in [0.29, 0.717) is 17.7 Å². The molecular formula is C12H21N3O2S. The second-order valence-electron chi connectivity index (χ2n) is 4.59. The minimum absolute atomic E-state index is 0.171. The summed E-state index contributed by atoms with van der Waals surface area (Å²) in [6, 6.07) is -0.171. The molecule has 0 aliphatic carbocycles. The summed E-state index contributed by atoms with van der Waals surface area (Å²) in [4.78, 5) is 4.45. The Morgan fingerprint density at radius 2 is 2.44 bits per heavy atom. The van der Waals surface area contributed by atoms with Crippen molar-refractivity contribution in [3.63, 3.8) is 0 Å². The average molecular weight is 271 g/mol. The Kier molecular flexibility index (Phi) is 5.46. The lowest BCUT2D eigenvalue weighted by atomic mass is 10.1. The first-order valence-corrected chi connectivity index (χ1v) is 7.55. The van der Waals surface area contributed by atoms with Gasteiger partial charge in [-0.1, -0.05) is 11.6 Å². The van der Waals surface area contributed by atoms with Crippen molar-refractivity contribution in [3.05, 3.63) is 11.7 Å². The third-order valence-corrected chi connectivity index (χ3v) is 4.48. The van der Waals surface area contributed by atoms with Gasteiger partial charge >= 0.3 is 0 Å². The minimum Gasteiger partial charge on any atom is -0.385 e. The molecule has 1 aromatic heterocycles. The maximum Gasteiger partial charge on any atom is 0.243 e. The van der Waals surface area contributed by atoms with Crippen LogP contribution in [0.2, 0.25) is 0 Å². The molecule has 2 rings (SSSR count). The Labute approximate surface area is 112 Å². The van der Waals surface area contributed by atoms with E-state index in [1.54, 1.807) is 7.11 Å². The van der Waals surface area contributed by atoms with E-state index in [4.69, 9.17) is 15.0 Å². The highest BCUT2D eigenvalue weighted by atomic mass is 32.2. The third-order valence-electron chi connectivity index (χ3n) is 3.11. The van der Waals surface area contributed by atoms with Crippen molar-refractivity contribution in [2.24, 2.45) is 5.73 Å². The molecule has 0 amide bonds. The molecule has 1 aliphatic rings. The van der Waals surface area contributed by atoms with Gasteiger partial charge in [-0.3, -0.25) is 0 Å². The van der Waals surface area contributed by atoms with Gasteiger partial charge in [-0.2, -0.15) is 16.7 Å². The Balaban J connectivity index is 1.88. The predicted octanol–water partition coefficient (Wildman–Crippen LogP) is 2.45. The fourth-order valence-corrected chi connectivity index (χ4v) is 3.28. The van der Waals surface area contributed by atoms with Gasteiger partial charge in [0.15, 0.2) is 5.82 Å². The summed E-state index contributed by atoms with van der Waals surface area (Å²) in [5, 5.41) is 4.46. The van der Waals surface area contributed by atoms with E-state index in [1.807, 2.05) is 11.8 Å². The van der Waals surface area contributed by atoms with Crippen molar-refractivity contribution in [1.82, 2.24) is 10.1 Å². The number of hydrogen-bond acceptors (Lipinski definition) is 6. The Hall–Kier alpha value is -0.590. The van der Waals surface area contributed by atoms with E-state index in [2.05, 4.69) is 10.1 Å². The number of aromatic nitrogens is 2. The first kappa shape index (κ1) is 13.8. The molecule has 2 atom stereocenters. The number of rotatable bonds is 6. The molecule has 2 unspecified atom stereocenters. The number of ether oxygens (including phenoxy) is 1. The third kappa shape index (κ3) is 3.70. The van der Waals surface area contributed by atoms with E-state index in [-0.39, 0.29) is 6.04 Å². The van der Waals surface area contributed by atoms with Crippen molar-refractivity contribution >= 4 is 11.8 Å². The highest BCUT2D eigenvalue weighted by Crippen LogP contribution is 2.36. The van der Waals surface area contributed by atoms with Crippen molar-refractivity contribution in [2.45, 2.75) is 43.4 Å². The van der Waals surface area contributed by atoms with Gasteiger partial charge in [0.05, 0.1) is 11.3 Å². The van der Waals surface area contributed by atoms with Crippen LogP contribution in [0.25, 0.3) is 0 Å². The zero-order valence-corrected chi connectivity index (χ0v) is 11.6. The molecule has 0 aromatic carbocycles. The van der Waals surface area contributed by atoms with Crippen LogP contribution in [0.15, 0.2) is 4.52 Å². The first-order chi connectivity index (χ1) is 8.81. The van der Waals surface area contributed by atoms with Crippen LogP contribution in [0, 0.1) is 0 Å². The number of thioether (sulfide) groups is 1. The molecule has 0 bridgehead atoms. The van der Waals surface area contributed by atoms with E-state index in [9.17, 15) is 0 Å². The summed E-state index contributed by atoms with van der Waals surface area (Å²) in [7, 11) is 1.69. The maximum absolute atomic E-state index is 6.02. The lowest BCUT2D eigenvalue weighted by Crippen LogP contribution is -2.12. The molecule has 5 nitrogen and oxygen atoms in total. The fourth-order valence-electron chi connectivity index (χ4n) is 2.04. The molecule has 6 heteroatoms. The highest BCUT2D eigenvalue weighted by Gasteiger charge is 2.23. The molecule has 0 spiro atoms. The van der Waals surface area contributed by atoms with Gasteiger partial charge in [0.25, 0.3) is 0 Å². The number of nitrogens with two attached hydrogens (primary N) is 1. The molecule has 1 aromatic rings. The van der Waals surface area contributed by atoms with Gasteiger partial charge in [0, 0.05) is 13.7 Å². The zero-order valence-electron chi connectivity index (χ0n) is 10.8. The van der Waals surface area contributed by atoms with Crippen LogP contribution >= 0.6 is 11.8 Å². The maximum atomic E-state index is 6.02. The van der Waals surface area contributed by atoms with Crippen molar-refractivity contribution in [3.8, 4) is 0 Å². The van der Waals surface area contributed by atoms with Crippen LogP contribution in [0.1, 0.15) is 55.1 Å². The van der Waals surface area contributed by atoms with Crippen LogP contribution < -0.4 is 5.73 Å². The Bertz CT molecular complexity index is 353. The lowest BCUT2D eigenvalue weighted by molar-refractivity contribution is 0.188. The SMILES string of the molecule is COCCCC(N)c1nc(C2CCCCS2)no1. The molecule has 2 heterocycles. The van der Waals surface area contributed by atoms with Gasteiger partial charge < -0.3 is 15.0 Å². The molecular weight excluding hydrogens is 250 g/mol. The molecule has 2 N–H and O–H groups in total. The minimum atomic E-state index is -0.171. The van der Waals surface area contributed by atoms with E-state index in [1.165, 1.54) is 18.6 Å². The van der Waals surface area contributed by atoms with Crippen LogP contribution in [-0.4, -0.2) is 29.6 Å². The monoisotopic (exact) mass is 271 g/mol. The van der Waals surface area contributed by atoms with Gasteiger partial charge in [-0.05, 0) is 31.4 Å². The number of nitrogens with zero attached hydrogens (tertiary/aromatic N) is 2. The van der Waals surface area contributed by atoms with Gasteiger partial charge in [0.1, 0.15) is 0 Å². The van der Waals surface area contributed by atoms with Crippen molar-refractivity contribution < 1.29 is 9.26 Å². The van der Waals surface area contributed by atoms with Crippen LogP contribution in [0.5, 0.6) is 0 Å². The second-order valence-corrected chi connectivity index (χ2v) is 5.90. The summed E-state index contributed by atoms with van der Waals surface area (Å²) >= 11 is 1.92. The Morgan fingerprint density at radius 3 is 3.17 bits per heavy atom. The normalized spacial score (nSPS) is 22.0. The number of methoxy groups -OCH3 is 1. The molecule has 102 valence electrons. The summed E-state index contributed by atoms with van der Waals surface area (Å²) in [6.45, 7) is 0.715. The molecule has 18 heavy (non-hydrogen) atoms. The van der Waals surface area contributed by atoms with Crippen molar-refractivity contribution in [1.29, 1.82) is 0 Å². The quantitative estimate of drug-likeness (QED) is 0.801. The topological polar surface area (TPSA) is 74.2 Å². The second kappa shape index (κ2) is 7.11. The highest BCUT2D eigenvalue weighted by molar-refractivity contribution is 7.99. The van der Waals surface area contributed by atoms with Gasteiger partial charge in [0.2, 0.25) is 5.89 Å². The van der Waals surface area contributed by atoms with Crippen LogP contribution in [0.4, 0.5) is 0 Å². The smallest absolute Gasteiger partial charge is 0.243 e. The van der Waals surface area contributed by atoms with E-state index < -0.39 is 0 Å². The van der Waals surface area contributed by atoms with Crippen LogP contribution in [-0.2, 0) is 4.74 Å². The Morgan fingerprint density at radius 1 is 1.56 bits per heavy atom. The number of hydrogen-bond donors (Lipinski definition) is 1. The van der Waals surface area contributed by atoms with Gasteiger partial charge in [-0.15, -0.1) is 0 Å². The van der Waals surface area contributed by atoms with Crippen LogP contribution in [0.3, 0.4) is 0 Å². The van der Waals surface area contributed by atoms with Gasteiger partial charge in [-0.25, -0.2) is 0 Å². The van der Waals surface area contributed by atoms with Crippen molar-refractivity contribution in [2.75, 3.05) is 19.5 Å².